The second-order valence-electron chi connectivity index (χ2n) is 5.25. The van der Waals surface area contributed by atoms with Gasteiger partial charge in [-0.15, -0.1) is 6.58 Å². The van der Waals surface area contributed by atoms with E-state index in [9.17, 15) is 0 Å². The largest absolute Gasteiger partial charge is 0.465 e. The highest BCUT2D eigenvalue weighted by Gasteiger charge is 2.07. The highest BCUT2D eigenvalue weighted by atomic mass is 35.5. The first-order chi connectivity index (χ1) is 11.2. The number of nitrogens with one attached hydrogen (secondary N) is 2. The quantitative estimate of drug-likeness (QED) is 0.625. The van der Waals surface area contributed by atoms with Gasteiger partial charge in [0.25, 0.3) is 0 Å². The van der Waals surface area contributed by atoms with Gasteiger partial charge >= 0.3 is 0 Å². The Morgan fingerprint density at radius 2 is 2.09 bits per heavy atom. The first kappa shape index (κ1) is 15.4. The van der Waals surface area contributed by atoms with Crippen molar-refractivity contribution in [2.45, 2.75) is 13.5 Å². The molecule has 2 N–H and O–H groups in total. The highest BCUT2D eigenvalue weighted by molar-refractivity contribution is 6.31. The van der Waals surface area contributed by atoms with Gasteiger partial charge in [-0.2, -0.15) is 0 Å². The molecule has 0 radical (unpaired) electrons. The van der Waals surface area contributed by atoms with Crippen molar-refractivity contribution in [1.82, 2.24) is 4.98 Å². The number of furan rings is 1. The fraction of sp³-hybridized carbons (Fsp3) is 0.167. The van der Waals surface area contributed by atoms with Gasteiger partial charge in [0.2, 0.25) is 0 Å². The van der Waals surface area contributed by atoms with Crippen LogP contribution in [0.4, 0.5) is 11.5 Å². The summed E-state index contributed by atoms with van der Waals surface area (Å²) in [6.07, 6.45) is 1.82. The maximum Gasteiger partial charge on any atom is 0.129 e. The normalized spacial score (nSPS) is 10.7. The summed E-state index contributed by atoms with van der Waals surface area (Å²) in [4.78, 5) is 4.63. The Bertz CT molecular complexity index is 841. The number of fused-ring (bicyclic) bond motifs is 1. The summed E-state index contributed by atoms with van der Waals surface area (Å²) in [5.41, 5.74) is 1.84. The summed E-state index contributed by atoms with van der Waals surface area (Å²) in [5, 5.41) is 8.29. The Morgan fingerprint density at radius 1 is 1.22 bits per heavy atom. The zero-order chi connectivity index (χ0) is 16.2. The maximum atomic E-state index is 6.10. The van der Waals surface area contributed by atoms with Gasteiger partial charge in [-0.3, -0.25) is 0 Å². The average Bonchev–Trinajstić information content (AvgIpc) is 2.96. The lowest BCUT2D eigenvalue weighted by molar-refractivity contribution is 0.490. The summed E-state index contributed by atoms with van der Waals surface area (Å²) in [6.45, 7) is 6.92. The molecule has 0 unspecified atom stereocenters. The van der Waals surface area contributed by atoms with Crippen LogP contribution in [0.1, 0.15) is 11.5 Å². The summed E-state index contributed by atoms with van der Waals surface area (Å²) in [7, 11) is 0. The second kappa shape index (κ2) is 6.75. The minimum absolute atomic E-state index is 0.584. The van der Waals surface area contributed by atoms with E-state index in [2.05, 4.69) is 22.2 Å². The van der Waals surface area contributed by atoms with E-state index >= 15 is 0 Å². The maximum absolute atomic E-state index is 6.10. The van der Waals surface area contributed by atoms with Crippen molar-refractivity contribution in [3.8, 4) is 0 Å². The Labute approximate surface area is 140 Å². The summed E-state index contributed by atoms with van der Waals surface area (Å²) in [5.74, 6) is 2.55. The van der Waals surface area contributed by atoms with Crippen molar-refractivity contribution in [2.24, 2.45) is 0 Å². The molecule has 4 nitrogen and oxygen atoms in total. The molecule has 0 saturated heterocycles. The van der Waals surface area contributed by atoms with Crippen LogP contribution in [0.2, 0.25) is 5.02 Å². The predicted octanol–water partition coefficient (Wildman–Crippen LogP) is 5.00. The molecule has 23 heavy (non-hydrogen) atoms. The third-order valence-electron chi connectivity index (χ3n) is 3.45. The number of nitrogens with zero attached hydrogens (tertiary/aromatic N) is 1. The van der Waals surface area contributed by atoms with Crippen LogP contribution < -0.4 is 10.6 Å². The van der Waals surface area contributed by atoms with E-state index in [0.717, 1.165) is 33.9 Å². The molecule has 0 spiro atoms. The molecular formula is C18H18ClN3O. The van der Waals surface area contributed by atoms with Gasteiger partial charge < -0.3 is 15.1 Å². The van der Waals surface area contributed by atoms with Gasteiger partial charge in [0.1, 0.15) is 17.3 Å². The molecule has 0 aliphatic heterocycles. The molecule has 5 heteroatoms. The van der Waals surface area contributed by atoms with E-state index in [1.807, 2.05) is 49.4 Å². The molecule has 2 aromatic heterocycles. The van der Waals surface area contributed by atoms with Crippen LogP contribution in [0.25, 0.3) is 10.9 Å². The van der Waals surface area contributed by atoms with Crippen molar-refractivity contribution < 1.29 is 4.42 Å². The number of rotatable bonds is 6. The number of halogens is 1. The van der Waals surface area contributed by atoms with Crippen LogP contribution in [0.3, 0.4) is 0 Å². The van der Waals surface area contributed by atoms with Crippen LogP contribution in [0.15, 0.2) is 53.5 Å². The summed E-state index contributed by atoms with van der Waals surface area (Å²) < 4.78 is 5.57. The highest BCUT2D eigenvalue weighted by Crippen LogP contribution is 2.28. The number of hydrogen-bond donors (Lipinski definition) is 2. The first-order valence-electron chi connectivity index (χ1n) is 7.40. The molecule has 0 saturated carbocycles. The Morgan fingerprint density at radius 3 is 2.83 bits per heavy atom. The zero-order valence-electron chi connectivity index (χ0n) is 12.9. The second-order valence-corrected chi connectivity index (χ2v) is 5.69. The number of benzene rings is 1. The molecule has 1 aromatic carbocycles. The smallest absolute Gasteiger partial charge is 0.129 e. The first-order valence-corrected chi connectivity index (χ1v) is 7.78. The van der Waals surface area contributed by atoms with Gasteiger partial charge in [-0.05, 0) is 37.3 Å². The third-order valence-corrected chi connectivity index (χ3v) is 3.68. The monoisotopic (exact) mass is 327 g/mol. The molecule has 3 rings (SSSR count). The van der Waals surface area contributed by atoms with Gasteiger partial charge in [-0.1, -0.05) is 17.7 Å². The third kappa shape index (κ3) is 3.66. The van der Waals surface area contributed by atoms with E-state index in [0.29, 0.717) is 18.1 Å². The minimum Gasteiger partial charge on any atom is -0.465 e. The summed E-state index contributed by atoms with van der Waals surface area (Å²) in [6, 6.07) is 11.5. The van der Waals surface area contributed by atoms with E-state index in [-0.39, 0.29) is 0 Å². The van der Waals surface area contributed by atoms with Crippen molar-refractivity contribution in [1.29, 1.82) is 0 Å². The molecular weight excluding hydrogens is 310 g/mol. The van der Waals surface area contributed by atoms with Crippen LogP contribution in [-0.4, -0.2) is 11.5 Å². The average molecular weight is 328 g/mol. The van der Waals surface area contributed by atoms with E-state index in [1.165, 1.54) is 0 Å². The fourth-order valence-electron chi connectivity index (χ4n) is 2.37. The van der Waals surface area contributed by atoms with E-state index in [4.69, 9.17) is 16.0 Å². The molecule has 0 atom stereocenters. The molecule has 0 aliphatic rings. The Hall–Kier alpha value is -2.46. The van der Waals surface area contributed by atoms with Crippen LogP contribution >= 0.6 is 11.6 Å². The number of aryl methyl sites for hydroxylation is 1. The zero-order valence-corrected chi connectivity index (χ0v) is 13.7. The number of hydrogen-bond acceptors (Lipinski definition) is 4. The van der Waals surface area contributed by atoms with Crippen molar-refractivity contribution in [3.05, 3.63) is 65.6 Å². The molecule has 0 aliphatic carbocycles. The Kier molecular flexibility index (Phi) is 4.53. The molecule has 3 aromatic rings. The fourth-order valence-corrected chi connectivity index (χ4v) is 2.55. The van der Waals surface area contributed by atoms with Gasteiger partial charge in [0.15, 0.2) is 0 Å². The topological polar surface area (TPSA) is 50.1 Å². The number of pyridine rings is 1. The van der Waals surface area contributed by atoms with Gasteiger partial charge in [0.05, 0.1) is 12.1 Å². The minimum atomic E-state index is 0.584. The van der Waals surface area contributed by atoms with Crippen molar-refractivity contribution >= 4 is 34.0 Å². The van der Waals surface area contributed by atoms with Crippen LogP contribution in [0, 0.1) is 6.92 Å². The lowest BCUT2D eigenvalue weighted by Gasteiger charge is -2.12. The van der Waals surface area contributed by atoms with Crippen LogP contribution in [-0.2, 0) is 6.54 Å². The number of aromatic nitrogens is 1. The lowest BCUT2D eigenvalue weighted by Crippen LogP contribution is -2.04. The molecule has 0 bridgehead atoms. The SMILES string of the molecule is C=CCNc1cc(NCc2ccc(C)o2)nc2ccc(Cl)cc12. The van der Waals surface area contributed by atoms with Crippen molar-refractivity contribution in [3.63, 3.8) is 0 Å². The Balaban J connectivity index is 1.90. The van der Waals surface area contributed by atoms with Crippen molar-refractivity contribution in [2.75, 3.05) is 17.2 Å². The standard InChI is InChI=1S/C18H18ClN3O/c1-3-8-20-17-10-18(21-11-14-6-4-12(2)23-14)22-16-7-5-13(19)9-15(16)17/h3-7,9-10H,1,8,11H2,2H3,(H2,20,21,22). The van der Waals surface area contributed by atoms with Crippen LogP contribution in [0.5, 0.6) is 0 Å². The van der Waals surface area contributed by atoms with Gasteiger partial charge in [-0.25, -0.2) is 4.98 Å². The summed E-state index contributed by atoms with van der Waals surface area (Å²) >= 11 is 6.10. The molecule has 0 amide bonds. The number of anilines is 2. The molecule has 2 heterocycles. The van der Waals surface area contributed by atoms with Gasteiger partial charge in [0, 0.05) is 28.7 Å². The molecule has 118 valence electrons. The molecule has 0 fully saturated rings. The lowest BCUT2D eigenvalue weighted by atomic mass is 10.2. The van der Waals surface area contributed by atoms with E-state index in [1.54, 1.807) is 0 Å². The predicted molar refractivity (Wildman–Crippen MR) is 96.2 cm³/mol. The van der Waals surface area contributed by atoms with E-state index < -0.39 is 0 Å².